The zero-order valence-electron chi connectivity index (χ0n) is 7.41. The molecule has 0 saturated heterocycles. The average molecular weight is 281 g/mol. The molecule has 80 valence electrons. The van der Waals surface area contributed by atoms with Crippen molar-refractivity contribution in [1.29, 1.82) is 0 Å². The van der Waals surface area contributed by atoms with Crippen LogP contribution < -0.4 is 0 Å². The zero-order valence-corrected chi connectivity index (χ0v) is 10.6. The maximum atomic E-state index is 10.9. The summed E-state index contributed by atoms with van der Waals surface area (Å²) in [4.78, 5) is 0.591. The number of halogens is 2. The Morgan fingerprint density at radius 3 is 2.53 bits per heavy atom. The van der Waals surface area contributed by atoms with Gasteiger partial charge in [-0.05, 0) is 6.07 Å². The van der Waals surface area contributed by atoms with Crippen molar-refractivity contribution in [3.63, 3.8) is 0 Å². The lowest BCUT2D eigenvalue weighted by atomic mass is 10.2. The minimum absolute atomic E-state index is 0.216. The maximum absolute atomic E-state index is 10.9. The van der Waals surface area contributed by atoms with Crippen LogP contribution in [0.15, 0.2) is 24.3 Å². The van der Waals surface area contributed by atoms with Crippen molar-refractivity contribution in [3.05, 3.63) is 34.2 Å². The molecule has 15 heavy (non-hydrogen) atoms. The SMILES string of the molecule is O=S(=O)(Cl)Cc1sc2ccccc2c1Cl. The van der Waals surface area contributed by atoms with E-state index in [4.69, 9.17) is 22.3 Å². The molecule has 2 nitrogen and oxygen atoms in total. The first-order valence-corrected chi connectivity index (χ1v) is 7.73. The minimum Gasteiger partial charge on any atom is -0.212 e. The summed E-state index contributed by atoms with van der Waals surface area (Å²) in [5.74, 6) is -0.216. The monoisotopic (exact) mass is 280 g/mol. The van der Waals surface area contributed by atoms with Crippen molar-refractivity contribution in [2.45, 2.75) is 5.75 Å². The third kappa shape index (κ3) is 2.45. The lowest BCUT2D eigenvalue weighted by molar-refractivity contribution is 0.609. The van der Waals surface area contributed by atoms with Crippen molar-refractivity contribution in [2.75, 3.05) is 0 Å². The van der Waals surface area contributed by atoms with Gasteiger partial charge in [0.1, 0.15) is 5.75 Å². The second-order valence-electron chi connectivity index (χ2n) is 3.02. The molecule has 0 atom stereocenters. The summed E-state index contributed by atoms with van der Waals surface area (Å²) in [6, 6.07) is 7.50. The quantitative estimate of drug-likeness (QED) is 0.788. The first-order valence-electron chi connectivity index (χ1n) is 4.05. The molecule has 1 aromatic heterocycles. The van der Waals surface area contributed by atoms with Crippen LogP contribution in [0.3, 0.4) is 0 Å². The van der Waals surface area contributed by atoms with Crippen molar-refractivity contribution < 1.29 is 8.42 Å². The van der Waals surface area contributed by atoms with Crippen molar-refractivity contribution in [2.24, 2.45) is 0 Å². The van der Waals surface area contributed by atoms with Crippen LogP contribution in [0.1, 0.15) is 4.88 Å². The number of thiophene rings is 1. The van der Waals surface area contributed by atoms with Gasteiger partial charge in [-0.1, -0.05) is 29.8 Å². The molecule has 0 N–H and O–H groups in total. The molecule has 1 heterocycles. The van der Waals surface area contributed by atoms with Gasteiger partial charge in [-0.15, -0.1) is 11.3 Å². The van der Waals surface area contributed by atoms with Gasteiger partial charge in [0.15, 0.2) is 0 Å². The molecule has 0 spiro atoms. The van der Waals surface area contributed by atoms with Crippen LogP contribution in [0, 0.1) is 0 Å². The van der Waals surface area contributed by atoms with Gasteiger partial charge in [-0.3, -0.25) is 0 Å². The largest absolute Gasteiger partial charge is 0.237 e. The third-order valence-electron chi connectivity index (χ3n) is 1.90. The van der Waals surface area contributed by atoms with Gasteiger partial charge < -0.3 is 0 Å². The number of rotatable bonds is 2. The molecular weight excluding hydrogens is 275 g/mol. The molecule has 0 aliphatic rings. The molecule has 1 aromatic carbocycles. The highest BCUT2D eigenvalue weighted by Crippen LogP contribution is 2.36. The number of hydrogen-bond donors (Lipinski definition) is 0. The Balaban J connectivity index is 2.58. The smallest absolute Gasteiger partial charge is 0.212 e. The van der Waals surface area contributed by atoms with E-state index in [1.54, 1.807) is 0 Å². The van der Waals surface area contributed by atoms with E-state index in [0.29, 0.717) is 9.90 Å². The van der Waals surface area contributed by atoms with E-state index in [1.807, 2.05) is 24.3 Å². The van der Waals surface area contributed by atoms with Crippen LogP contribution in [0.2, 0.25) is 5.02 Å². The molecule has 0 amide bonds. The highest BCUT2D eigenvalue weighted by atomic mass is 35.7. The fourth-order valence-corrected chi connectivity index (χ4v) is 4.37. The van der Waals surface area contributed by atoms with E-state index in [1.165, 1.54) is 11.3 Å². The molecule has 0 aliphatic carbocycles. The van der Waals surface area contributed by atoms with Gasteiger partial charge in [0.05, 0.1) is 5.02 Å². The van der Waals surface area contributed by atoms with E-state index >= 15 is 0 Å². The van der Waals surface area contributed by atoms with E-state index in [2.05, 4.69) is 0 Å². The highest BCUT2D eigenvalue weighted by Gasteiger charge is 2.15. The van der Waals surface area contributed by atoms with Crippen LogP contribution in [-0.4, -0.2) is 8.42 Å². The van der Waals surface area contributed by atoms with Crippen molar-refractivity contribution in [3.8, 4) is 0 Å². The fraction of sp³-hybridized carbons (Fsp3) is 0.111. The molecule has 6 heteroatoms. The second-order valence-corrected chi connectivity index (χ2v) is 7.31. The third-order valence-corrected chi connectivity index (χ3v) is 4.76. The molecule has 2 rings (SSSR count). The summed E-state index contributed by atoms with van der Waals surface area (Å²) in [6.45, 7) is 0. The average Bonchev–Trinajstić information content (AvgIpc) is 2.42. The number of hydrogen-bond acceptors (Lipinski definition) is 3. The lowest BCUT2D eigenvalue weighted by Gasteiger charge is -1.92. The summed E-state index contributed by atoms with van der Waals surface area (Å²) in [7, 11) is 1.64. The summed E-state index contributed by atoms with van der Waals surface area (Å²) < 4.78 is 22.9. The second kappa shape index (κ2) is 3.94. The predicted octanol–water partition coefficient (Wildman–Crippen LogP) is 3.62. The number of benzene rings is 1. The Hall–Kier alpha value is -0.290. The fourth-order valence-electron chi connectivity index (χ4n) is 1.31. The predicted molar refractivity (Wildman–Crippen MR) is 65.3 cm³/mol. The standard InChI is InChI=1S/C9H6Cl2O2S2/c10-9-6-3-1-2-4-7(6)14-8(9)5-15(11,12)13/h1-4H,5H2. The first-order chi connectivity index (χ1) is 6.97. The highest BCUT2D eigenvalue weighted by molar-refractivity contribution is 8.13. The van der Waals surface area contributed by atoms with Crippen molar-refractivity contribution in [1.82, 2.24) is 0 Å². The summed E-state index contributed by atoms with van der Waals surface area (Å²) >= 11 is 7.41. The van der Waals surface area contributed by atoms with Gasteiger partial charge in [0.2, 0.25) is 9.05 Å². The van der Waals surface area contributed by atoms with E-state index < -0.39 is 9.05 Å². The van der Waals surface area contributed by atoms with E-state index in [9.17, 15) is 8.42 Å². The van der Waals surface area contributed by atoms with Crippen LogP contribution in [0.25, 0.3) is 10.1 Å². The molecule has 0 bridgehead atoms. The molecule has 0 fully saturated rings. The maximum Gasteiger partial charge on any atom is 0.237 e. The lowest BCUT2D eigenvalue weighted by Crippen LogP contribution is -1.92. The van der Waals surface area contributed by atoms with Crippen LogP contribution in [-0.2, 0) is 14.8 Å². The summed E-state index contributed by atoms with van der Waals surface area (Å²) in [6.07, 6.45) is 0. The molecular formula is C9H6Cl2O2S2. The van der Waals surface area contributed by atoms with Gasteiger partial charge in [-0.25, -0.2) is 8.42 Å². The van der Waals surface area contributed by atoms with E-state index in [0.717, 1.165) is 10.1 Å². The topological polar surface area (TPSA) is 34.1 Å². The van der Waals surface area contributed by atoms with E-state index in [-0.39, 0.29) is 5.75 Å². The molecule has 0 aliphatic heterocycles. The molecule has 0 radical (unpaired) electrons. The van der Waals surface area contributed by atoms with Gasteiger partial charge in [0.25, 0.3) is 0 Å². The molecule has 0 unspecified atom stereocenters. The van der Waals surface area contributed by atoms with Crippen molar-refractivity contribution >= 4 is 52.8 Å². The van der Waals surface area contributed by atoms with Gasteiger partial charge in [-0.2, -0.15) is 0 Å². The number of fused-ring (bicyclic) bond motifs is 1. The van der Waals surface area contributed by atoms with Crippen LogP contribution >= 0.6 is 33.6 Å². The Bertz CT molecular complexity index is 602. The zero-order chi connectivity index (χ0) is 11.1. The van der Waals surface area contributed by atoms with Gasteiger partial charge in [0, 0.05) is 25.6 Å². The van der Waals surface area contributed by atoms with Crippen LogP contribution in [0.4, 0.5) is 0 Å². The summed E-state index contributed by atoms with van der Waals surface area (Å²) in [5, 5.41) is 1.36. The first kappa shape index (κ1) is 11.2. The Labute approximate surface area is 101 Å². The molecule has 0 saturated carbocycles. The van der Waals surface area contributed by atoms with Crippen LogP contribution in [0.5, 0.6) is 0 Å². The van der Waals surface area contributed by atoms with Gasteiger partial charge >= 0.3 is 0 Å². The molecule has 2 aromatic rings. The minimum atomic E-state index is -3.55. The summed E-state index contributed by atoms with van der Waals surface area (Å²) in [5.41, 5.74) is 0. The Morgan fingerprint density at radius 2 is 1.93 bits per heavy atom. The Kier molecular flexibility index (Phi) is 2.94. The normalized spacial score (nSPS) is 12.1. The Morgan fingerprint density at radius 1 is 1.27 bits per heavy atom.